The largest absolute Gasteiger partial charge is 0.386 e. The molecule has 1 aromatic heterocycles. The van der Waals surface area contributed by atoms with Crippen LogP contribution in [0.3, 0.4) is 0 Å². The molecule has 0 bridgehead atoms. The lowest BCUT2D eigenvalue weighted by molar-refractivity contribution is 0.935. The predicted molar refractivity (Wildman–Crippen MR) is 103 cm³/mol. The maximum Gasteiger partial charge on any atom is 0.116 e. The molecule has 0 aliphatic heterocycles. The van der Waals surface area contributed by atoms with Crippen LogP contribution in [-0.4, -0.2) is 22.6 Å². The number of pyridine rings is 1. The average Bonchev–Trinajstić information content (AvgIpc) is 3.45. The molecule has 4 heteroatoms. The molecule has 0 radical (unpaired) electrons. The molecule has 25 heavy (non-hydrogen) atoms. The highest BCUT2D eigenvalue weighted by Crippen LogP contribution is 2.34. The van der Waals surface area contributed by atoms with Gasteiger partial charge in [0.15, 0.2) is 0 Å². The molecule has 0 amide bonds. The Labute approximate surface area is 148 Å². The summed E-state index contributed by atoms with van der Waals surface area (Å²) < 4.78 is 0. The first-order valence-electron chi connectivity index (χ1n) is 8.48. The zero-order valence-corrected chi connectivity index (χ0v) is 14.6. The second kappa shape index (κ2) is 7.31. The normalized spacial score (nSPS) is 15.2. The van der Waals surface area contributed by atoms with Gasteiger partial charge in [0.1, 0.15) is 11.9 Å². The van der Waals surface area contributed by atoms with Gasteiger partial charge in [0, 0.05) is 35.2 Å². The van der Waals surface area contributed by atoms with E-state index in [9.17, 15) is 0 Å². The molecular formula is C21H22N4. The molecule has 1 atom stereocenters. The molecule has 0 saturated heterocycles. The lowest BCUT2D eigenvalue weighted by Gasteiger charge is -2.11. The number of rotatable bonds is 5. The summed E-state index contributed by atoms with van der Waals surface area (Å²) in [4.78, 5) is 9.01. The van der Waals surface area contributed by atoms with Crippen molar-refractivity contribution in [3.8, 4) is 23.0 Å². The Morgan fingerprint density at radius 1 is 1.28 bits per heavy atom. The molecule has 1 aliphatic rings. The van der Waals surface area contributed by atoms with Crippen LogP contribution in [0.15, 0.2) is 47.7 Å². The lowest BCUT2D eigenvalue weighted by atomic mass is 9.99. The van der Waals surface area contributed by atoms with Crippen molar-refractivity contribution in [1.29, 1.82) is 5.41 Å². The van der Waals surface area contributed by atoms with Crippen LogP contribution in [-0.2, 0) is 0 Å². The highest BCUT2D eigenvalue weighted by atomic mass is 14.9. The van der Waals surface area contributed by atoms with Crippen molar-refractivity contribution >= 4 is 11.5 Å². The van der Waals surface area contributed by atoms with Crippen molar-refractivity contribution in [3.63, 3.8) is 0 Å². The highest BCUT2D eigenvalue weighted by Gasteiger charge is 2.29. The van der Waals surface area contributed by atoms with Crippen LogP contribution in [0.4, 0.5) is 0 Å². The Balaban J connectivity index is 1.99. The molecule has 4 nitrogen and oxygen atoms in total. The lowest BCUT2D eigenvalue weighted by Crippen LogP contribution is -2.25. The highest BCUT2D eigenvalue weighted by molar-refractivity contribution is 6.05. The molecule has 3 rings (SSSR count). The Hall–Kier alpha value is -2.93. The molecule has 0 spiro atoms. The molecule has 1 saturated carbocycles. The average molecular weight is 330 g/mol. The first-order valence-corrected chi connectivity index (χ1v) is 8.48. The Morgan fingerprint density at radius 3 is 2.76 bits per heavy atom. The number of amidine groups is 1. The van der Waals surface area contributed by atoms with E-state index in [1.807, 2.05) is 26.1 Å². The van der Waals surface area contributed by atoms with E-state index in [4.69, 9.17) is 16.1 Å². The van der Waals surface area contributed by atoms with Gasteiger partial charge in [-0.2, -0.15) is 0 Å². The number of hydrogen-bond acceptors (Lipinski definition) is 3. The molecule has 126 valence electrons. The van der Waals surface area contributed by atoms with Crippen LogP contribution in [0, 0.1) is 23.2 Å². The Bertz CT molecular complexity index is 882. The zero-order chi connectivity index (χ0) is 17.8. The third-order valence-electron chi connectivity index (χ3n) is 4.25. The Morgan fingerprint density at radius 2 is 2.08 bits per heavy atom. The Kier molecular flexibility index (Phi) is 4.95. The van der Waals surface area contributed by atoms with Crippen molar-refractivity contribution in [3.05, 3.63) is 53.9 Å². The molecule has 3 N–H and O–H groups in total. The van der Waals surface area contributed by atoms with Crippen LogP contribution >= 0.6 is 0 Å². The van der Waals surface area contributed by atoms with Gasteiger partial charge in [-0.25, -0.2) is 0 Å². The van der Waals surface area contributed by atoms with Crippen molar-refractivity contribution in [2.45, 2.75) is 32.7 Å². The van der Waals surface area contributed by atoms with Gasteiger partial charge in [-0.05, 0) is 49.9 Å². The maximum atomic E-state index is 7.61. The van der Waals surface area contributed by atoms with E-state index in [0.29, 0.717) is 5.92 Å². The van der Waals surface area contributed by atoms with Crippen LogP contribution in [0.5, 0.6) is 0 Å². The van der Waals surface area contributed by atoms with Gasteiger partial charge in [0.2, 0.25) is 0 Å². The second-order valence-corrected chi connectivity index (χ2v) is 6.34. The third kappa shape index (κ3) is 4.13. The summed E-state index contributed by atoms with van der Waals surface area (Å²) in [7, 11) is 0. The SMILES string of the molecule is CC#Cc1cncc(-c2cccc(C(=NC(C)C(=N)N)C3CC3)c2)c1. The summed E-state index contributed by atoms with van der Waals surface area (Å²) in [5.41, 5.74) is 10.8. The van der Waals surface area contributed by atoms with Crippen molar-refractivity contribution in [2.75, 3.05) is 0 Å². The third-order valence-corrected chi connectivity index (χ3v) is 4.25. The van der Waals surface area contributed by atoms with Crippen molar-refractivity contribution in [1.82, 2.24) is 4.98 Å². The summed E-state index contributed by atoms with van der Waals surface area (Å²) in [5.74, 6) is 6.54. The van der Waals surface area contributed by atoms with Crippen LogP contribution in [0.2, 0.25) is 0 Å². The standard InChI is InChI=1S/C21H22N4/c1-3-5-15-10-19(13-24-12-15)17-6-4-7-18(11-17)20(16-8-9-16)25-14(2)21(22)23/h4,6-7,10-14,16H,8-9H2,1-2H3,(H3,22,23). The molecule has 1 aliphatic carbocycles. The smallest absolute Gasteiger partial charge is 0.116 e. The van der Waals surface area contributed by atoms with Gasteiger partial charge < -0.3 is 5.73 Å². The molecule has 1 fully saturated rings. The van der Waals surface area contributed by atoms with Crippen LogP contribution < -0.4 is 5.73 Å². The van der Waals surface area contributed by atoms with E-state index in [2.05, 4.69) is 41.1 Å². The minimum absolute atomic E-state index is 0.101. The molecule has 1 aromatic carbocycles. The minimum atomic E-state index is -0.288. The number of nitrogens with two attached hydrogens (primary N) is 1. The summed E-state index contributed by atoms with van der Waals surface area (Å²) in [6.07, 6.45) is 5.93. The minimum Gasteiger partial charge on any atom is -0.386 e. The number of benzene rings is 1. The summed E-state index contributed by atoms with van der Waals surface area (Å²) in [6, 6.07) is 10.1. The van der Waals surface area contributed by atoms with E-state index in [-0.39, 0.29) is 11.9 Å². The zero-order valence-electron chi connectivity index (χ0n) is 14.6. The van der Waals surface area contributed by atoms with Crippen molar-refractivity contribution in [2.24, 2.45) is 16.6 Å². The summed E-state index contributed by atoms with van der Waals surface area (Å²) in [5, 5.41) is 7.61. The first kappa shape index (κ1) is 16.9. The number of aliphatic imine (C=N–C) groups is 1. The fourth-order valence-corrected chi connectivity index (χ4v) is 2.72. The number of nitrogens with zero attached hydrogens (tertiary/aromatic N) is 2. The summed E-state index contributed by atoms with van der Waals surface area (Å²) >= 11 is 0. The molecule has 1 heterocycles. The van der Waals surface area contributed by atoms with E-state index in [1.54, 1.807) is 6.20 Å². The van der Waals surface area contributed by atoms with Gasteiger partial charge in [0.25, 0.3) is 0 Å². The number of aromatic nitrogens is 1. The van der Waals surface area contributed by atoms with Crippen molar-refractivity contribution < 1.29 is 0 Å². The predicted octanol–water partition coefficient (Wildman–Crippen LogP) is 3.64. The van der Waals surface area contributed by atoms with E-state index in [1.165, 1.54) is 0 Å². The van der Waals surface area contributed by atoms with Gasteiger partial charge >= 0.3 is 0 Å². The molecule has 2 aromatic rings. The topological polar surface area (TPSA) is 75.1 Å². The summed E-state index contributed by atoms with van der Waals surface area (Å²) in [6.45, 7) is 3.69. The maximum absolute atomic E-state index is 7.61. The second-order valence-electron chi connectivity index (χ2n) is 6.34. The monoisotopic (exact) mass is 330 g/mol. The molecular weight excluding hydrogens is 308 g/mol. The van der Waals surface area contributed by atoms with Gasteiger partial charge in [0.05, 0.1) is 0 Å². The molecule has 1 unspecified atom stereocenters. The fraction of sp³-hybridized carbons (Fsp3) is 0.286. The fourth-order valence-electron chi connectivity index (χ4n) is 2.72. The number of nitrogens with one attached hydrogen (secondary N) is 1. The van der Waals surface area contributed by atoms with E-state index in [0.717, 1.165) is 40.8 Å². The van der Waals surface area contributed by atoms with Gasteiger partial charge in [-0.1, -0.05) is 24.1 Å². The number of hydrogen-bond donors (Lipinski definition) is 2. The van der Waals surface area contributed by atoms with Crippen LogP contribution in [0.1, 0.15) is 37.8 Å². The first-order chi connectivity index (χ1) is 12.1. The van der Waals surface area contributed by atoms with Crippen LogP contribution in [0.25, 0.3) is 11.1 Å². The van der Waals surface area contributed by atoms with Gasteiger partial charge in [-0.3, -0.25) is 15.4 Å². The van der Waals surface area contributed by atoms with E-state index < -0.39 is 0 Å². The quantitative estimate of drug-likeness (QED) is 0.499. The van der Waals surface area contributed by atoms with E-state index >= 15 is 0 Å². The van der Waals surface area contributed by atoms with Gasteiger partial charge in [-0.15, -0.1) is 5.92 Å².